The largest absolute Gasteiger partial charge is 0.376 e. The van der Waals surface area contributed by atoms with Crippen LogP contribution in [0.1, 0.15) is 24.1 Å². The molecule has 1 atom stereocenters. The number of pyridine rings is 1. The quantitative estimate of drug-likeness (QED) is 0.638. The van der Waals surface area contributed by atoms with Crippen molar-refractivity contribution in [1.82, 2.24) is 4.98 Å². The molecule has 2 nitrogen and oxygen atoms in total. The molecule has 0 aliphatic rings. The van der Waals surface area contributed by atoms with Crippen molar-refractivity contribution in [3.8, 4) is 0 Å². The van der Waals surface area contributed by atoms with E-state index in [1.807, 2.05) is 13.0 Å². The van der Waals surface area contributed by atoms with Crippen LogP contribution in [-0.2, 0) is 0 Å². The van der Waals surface area contributed by atoms with E-state index in [1.54, 1.807) is 18.0 Å². The summed E-state index contributed by atoms with van der Waals surface area (Å²) >= 11 is 7.84. The highest BCUT2D eigenvalue weighted by molar-refractivity contribution is 7.98. The second kappa shape index (κ2) is 6.31. The van der Waals surface area contributed by atoms with E-state index in [0.717, 1.165) is 11.3 Å². The van der Waals surface area contributed by atoms with Gasteiger partial charge in [0.2, 0.25) is 0 Å². The second-order valence-corrected chi connectivity index (χ2v) is 5.73. The van der Waals surface area contributed by atoms with Crippen LogP contribution in [0.5, 0.6) is 0 Å². The lowest BCUT2D eigenvalue weighted by Crippen LogP contribution is -2.07. The molecule has 2 rings (SSSR count). The van der Waals surface area contributed by atoms with Gasteiger partial charge in [0.15, 0.2) is 5.15 Å². The number of hydrogen-bond donors (Lipinski definition) is 1. The summed E-state index contributed by atoms with van der Waals surface area (Å²) in [4.78, 5) is 5.42. The van der Waals surface area contributed by atoms with Gasteiger partial charge in [0.05, 0.1) is 5.69 Å². The molecule has 1 N–H and O–H groups in total. The number of thioether (sulfide) groups is 1. The number of halogens is 1. The van der Waals surface area contributed by atoms with Crippen molar-refractivity contribution in [3.05, 3.63) is 52.8 Å². The van der Waals surface area contributed by atoms with Gasteiger partial charge in [-0.15, -0.1) is 11.8 Å². The normalized spacial score (nSPS) is 12.2. The fourth-order valence-corrected chi connectivity index (χ4v) is 2.43. The van der Waals surface area contributed by atoms with Gasteiger partial charge < -0.3 is 5.32 Å². The molecule has 19 heavy (non-hydrogen) atoms. The zero-order valence-electron chi connectivity index (χ0n) is 11.3. The van der Waals surface area contributed by atoms with E-state index < -0.39 is 0 Å². The average Bonchev–Trinajstić information content (AvgIpc) is 2.43. The maximum atomic E-state index is 6.10. The highest BCUT2D eigenvalue weighted by Crippen LogP contribution is 2.26. The van der Waals surface area contributed by atoms with E-state index in [4.69, 9.17) is 11.6 Å². The van der Waals surface area contributed by atoms with Gasteiger partial charge in [-0.1, -0.05) is 23.7 Å². The molecule has 0 spiro atoms. The molecule has 0 bridgehead atoms. The second-order valence-electron chi connectivity index (χ2n) is 4.49. The first kappa shape index (κ1) is 14.2. The smallest absolute Gasteiger partial charge is 0.152 e. The summed E-state index contributed by atoms with van der Waals surface area (Å²) in [5.41, 5.74) is 3.20. The Kier molecular flexibility index (Phi) is 4.72. The Balaban J connectivity index is 2.15. The average molecular weight is 293 g/mol. The monoisotopic (exact) mass is 292 g/mol. The van der Waals surface area contributed by atoms with E-state index in [2.05, 4.69) is 47.7 Å². The van der Waals surface area contributed by atoms with Gasteiger partial charge in [-0.05, 0) is 49.4 Å². The first-order valence-electron chi connectivity index (χ1n) is 6.13. The van der Waals surface area contributed by atoms with E-state index in [9.17, 15) is 0 Å². The van der Waals surface area contributed by atoms with Gasteiger partial charge in [-0.25, -0.2) is 4.98 Å². The Labute approximate surface area is 123 Å². The Morgan fingerprint density at radius 3 is 2.58 bits per heavy atom. The fourth-order valence-electron chi connectivity index (χ4n) is 1.86. The van der Waals surface area contributed by atoms with E-state index in [0.29, 0.717) is 5.15 Å². The third-order valence-corrected chi connectivity index (χ3v) is 4.01. The number of aromatic nitrogens is 1. The summed E-state index contributed by atoms with van der Waals surface area (Å²) in [6, 6.07) is 10.8. The predicted octanol–water partition coefficient (Wildman–Crippen LogP) is 4.94. The lowest BCUT2D eigenvalue weighted by atomic mass is 10.1. The summed E-state index contributed by atoms with van der Waals surface area (Å²) in [5, 5.41) is 3.92. The molecule has 1 heterocycles. The lowest BCUT2D eigenvalue weighted by molar-refractivity contribution is 0.880. The lowest BCUT2D eigenvalue weighted by Gasteiger charge is -2.17. The van der Waals surface area contributed by atoms with Gasteiger partial charge in [-0.3, -0.25) is 0 Å². The van der Waals surface area contributed by atoms with Crippen LogP contribution in [0.15, 0.2) is 41.4 Å². The minimum absolute atomic E-state index is 0.192. The molecule has 1 aromatic heterocycles. The van der Waals surface area contributed by atoms with Crippen molar-refractivity contribution < 1.29 is 0 Å². The minimum Gasteiger partial charge on any atom is -0.376 e. The zero-order chi connectivity index (χ0) is 13.8. The summed E-state index contributed by atoms with van der Waals surface area (Å²) < 4.78 is 0. The summed E-state index contributed by atoms with van der Waals surface area (Å²) in [5.74, 6) is 0. The molecule has 100 valence electrons. The van der Waals surface area contributed by atoms with Crippen LogP contribution in [0.25, 0.3) is 0 Å². The van der Waals surface area contributed by atoms with Gasteiger partial charge in [0.25, 0.3) is 0 Å². The fraction of sp³-hybridized carbons (Fsp3) is 0.267. The SMILES string of the molecule is CSc1ccc(C(C)Nc2cc(C)cnc2Cl)cc1. The number of nitrogens with zero attached hydrogens (tertiary/aromatic N) is 1. The molecule has 0 fully saturated rings. The molecule has 0 saturated heterocycles. The van der Waals surface area contributed by atoms with Crippen LogP contribution < -0.4 is 5.32 Å². The standard InChI is InChI=1S/C15H17ClN2S/c1-10-8-14(15(16)17-9-10)18-11(2)12-4-6-13(19-3)7-5-12/h4-9,11,18H,1-3H3. The minimum atomic E-state index is 0.192. The third kappa shape index (κ3) is 3.64. The maximum absolute atomic E-state index is 6.10. The van der Waals surface area contributed by atoms with Crippen LogP contribution in [0.3, 0.4) is 0 Å². The molecule has 0 amide bonds. The predicted molar refractivity (Wildman–Crippen MR) is 84.2 cm³/mol. The van der Waals surface area contributed by atoms with Crippen molar-refractivity contribution in [1.29, 1.82) is 0 Å². The Hall–Kier alpha value is -1.19. The summed E-state index contributed by atoms with van der Waals surface area (Å²) in [6.07, 6.45) is 3.85. The summed E-state index contributed by atoms with van der Waals surface area (Å²) in [7, 11) is 0. The van der Waals surface area contributed by atoms with Gasteiger partial charge in [-0.2, -0.15) is 0 Å². The molecule has 2 aromatic rings. The molecule has 0 radical (unpaired) electrons. The third-order valence-electron chi connectivity index (χ3n) is 2.96. The molecule has 1 aromatic carbocycles. The Morgan fingerprint density at radius 1 is 1.26 bits per heavy atom. The Bertz CT molecular complexity index is 555. The summed E-state index contributed by atoms with van der Waals surface area (Å²) in [6.45, 7) is 4.12. The molecular formula is C15H17ClN2S. The molecule has 0 aliphatic carbocycles. The van der Waals surface area contributed by atoms with Crippen LogP contribution in [0.4, 0.5) is 5.69 Å². The number of rotatable bonds is 4. The Morgan fingerprint density at radius 2 is 1.95 bits per heavy atom. The zero-order valence-corrected chi connectivity index (χ0v) is 12.8. The number of aryl methyl sites for hydroxylation is 1. The molecule has 4 heteroatoms. The van der Waals surface area contributed by atoms with Gasteiger partial charge in [0.1, 0.15) is 0 Å². The van der Waals surface area contributed by atoms with Gasteiger partial charge in [0, 0.05) is 17.1 Å². The van der Waals surface area contributed by atoms with E-state index >= 15 is 0 Å². The maximum Gasteiger partial charge on any atom is 0.152 e. The number of hydrogen-bond acceptors (Lipinski definition) is 3. The number of nitrogens with one attached hydrogen (secondary N) is 1. The van der Waals surface area contributed by atoms with Crippen LogP contribution >= 0.6 is 23.4 Å². The van der Waals surface area contributed by atoms with E-state index in [1.165, 1.54) is 10.5 Å². The van der Waals surface area contributed by atoms with Crippen molar-refractivity contribution >= 4 is 29.1 Å². The van der Waals surface area contributed by atoms with Crippen molar-refractivity contribution in [2.45, 2.75) is 24.8 Å². The van der Waals surface area contributed by atoms with Gasteiger partial charge >= 0.3 is 0 Å². The van der Waals surface area contributed by atoms with Crippen molar-refractivity contribution in [2.24, 2.45) is 0 Å². The van der Waals surface area contributed by atoms with Crippen LogP contribution in [-0.4, -0.2) is 11.2 Å². The molecule has 0 saturated carbocycles. The number of anilines is 1. The van der Waals surface area contributed by atoms with Crippen molar-refractivity contribution in [2.75, 3.05) is 11.6 Å². The highest BCUT2D eigenvalue weighted by atomic mass is 35.5. The van der Waals surface area contributed by atoms with Crippen LogP contribution in [0, 0.1) is 6.92 Å². The van der Waals surface area contributed by atoms with Crippen LogP contribution in [0.2, 0.25) is 5.15 Å². The first-order valence-corrected chi connectivity index (χ1v) is 7.73. The highest BCUT2D eigenvalue weighted by Gasteiger charge is 2.08. The van der Waals surface area contributed by atoms with E-state index in [-0.39, 0.29) is 6.04 Å². The van der Waals surface area contributed by atoms with Crippen molar-refractivity contribution in [3.63, 3.8) is 0 Å². The molecular weight excluding hydrogens is 276 g/mol. The number of benzene rings is 1. The molecule has 0 aliphatic heterocycles. The first-order chi connectivity index (χ1) is 9.10. The molecule has 1 unspecified atom stereocenters. The topological polar surface area (TPSA) is 24.9 Å².